The summed E-state index contributed by atoms with van der Waals surface area (Å²) in [5.41, 5.74) is 6.94. The highest BCUT2D eigenvalue weighted by molar-refractivity contribution is 5.38. The van der Waals surface area contributed by atoms with Gasteiger partial charge in [-0.25, -0.2) is 4.98 Å². The fourth-order valence-electron chi connectivity index (χ4n) is 1.62. The van der Waals surface area contributed by atoms with E-state index in [0.717, 1.165) is 12.8 Å². The molecule has 1 rings (SSSR count). The first-order chi connectivity index (χ1) is 7.34. The lowest BCUT2D eigenvalue weighted by atomic mass is 10.1. The molecule has 0 saturated heterocycles. The highest BCUT2D eigenvalue weighted by Gasteiger charge is 1.98. The average molecular weight is 204 g/mol. The number of unbranched alkanes of at least 4 members (excludes halogenated alkanes) is 4. The van der Waals surface area contributed by atoms with E-state index < -0.39 is 0 Å². The Balaban J connectivity index is 2.15. The molecule has 0 unspecified atom stereocenters. The second-order valence-electron chi connectivity index (χ2n) is 3.79. The SMILES string of the molecule is C=CCCCCCCc1cccnc1N. The van der Waals surface area contributed by atoms with E-state index in [1.54, 1.807) is 6.20 Å². The van der Waals surface area contributed by atoms with Crippen LogP contribution in [0.1, 0.15) is 37.7 Å². The van der Waals surface area contributed by atoms with Gasteiger partial charge in [0.15, 0.2) is 0 Å². The van der Waals surface area contributed by atoms with E-state index in [1.165, 1.54) is 31.2 Å². The molecule has 1 aromatic rings. The summed E-state index contributed by atoms with van der Waals surface area (Å²) >= 11 is 0. The van der Waals surface area contributed by atoms with Crippen LogP contribution in [-0.4, -0.2) is 4.98 Å². The highest BCUT2D eigenvalue weighted by Crippen LogP contribution is 2.12. The summed E-state index contributed by atoms with van der Waals surface area (Å²) in [5, 5.41) is 0. The van der Waals surface area contributed by atoms with Gasteiger partial charge in [-0.05, 0) is 37.3 Å². The zero-order valence-corrected chi connectivity index (χ0v) is 9.28. The van der Waals surface area contributed by atoms with Crippen molar-refractivity contribution in [3.63, 3.8) is 0 Å². The van der Waals surface area contributed by atoms with Gasteiger partial charge in [0.25, 0.3) is 0 Å². The summed E-state index contributed by atoms with van der Waals surface area (Å²) in [7, 11) is 0. The molecule has 0 bridgehead atoms. The molecule has 2 N–H and O–H groups in total. The van der Waals surface area contributed by atoms with Gasteiger partial charge in [-0.1, -0.05) is 25.0 Å². The minimum absolute atomic E-state index is 0.684. The molecule has 1 heterocycles. The molecular weight excluding hydrogens is 184 g/mol. The maximum atomic E-state index is 5.76. The molecular formula is C13H20N2. The lowest BCUT2D eigenvalue weighted by Gasteiger charge is -2.03. The molecule has 1 aromatic heterocycles. The van der Waals surface area contributed by atoms with Crippen molar-refractivity contribution in [3.8, 4) is 0 Å². The second-order valence-corrected chi connectivity index (χ2v) is 3.79. The number of pyridine rings is 1. The van der Waals surface area contributed by atoms with E-state index in [9.17, 15) is 0 Å². The normalized spacial score (nSPS) is 10.1. The summed E-state index contributed by atoms with van der Waals surface area (Å²) in [6, 6.07) is 4.01. The van der Waals surface area contributed by atoms with Crippen LogP contribution in [0.15, 0.2) is 31.0 Å². The van der Waals surface area contributed by atoms with Gasteiger partial charge >= 0.3 is 0 Å². The molecule has 2 nitrogen and oxygen atoms in total. The number of rotatable bonds is 7. The quantitative estimate of drug-likeness (QED) is 0.546. The van der Waals surface area contributed by atoms with E-state index >= 15 is 0 Å². The van der Waals surface area contributed by atoms with Gasteiger partial charge in [0.2, 0.25) is 0 Å². The summed E-state index contributed by atoms with van der Waals surface area (Å²) in [6.07, 6.45) is 10.9. The molecule has 0 radical (unpaired) electrons. The molecule has 2 heteroatoms. The first-order valence-corrected chi connectivity index (χ1v) is 5.65. The van der Waals surface area contributed by atoms with Crippen LogP contribution >= 0.6 is 0 Å². The summed E-state index contributed by atoms with van der Waals surface area (Å²) < 4.78 is 0. The van der Waals surface area contributed by atoms with Crippen molar-refractivity contribution < 1.29 is 0 Å². The van der Waals surface area contributed by atoms with Gasteiger partial charge < -0.3 is 5.73 Å². The van der Waals surface area contributed by atoms with Crippen LogP contribution in [0.25, 0.3) is 0 Å². The van der Waals surface area contributed by atoms with Crippen molar-refractivity contribution in [2.24, 2.45) is 0 Å². The molecule has 0 aliphatic carbocycles. The molecule has 82 valence electrons. The molecule has 0 atom stereocenters. The summed E-state index contributed by atoms with van der Waals surface area (Å²) in [5.74, 6) is 0.684. The van der Waals surface area contributed by atoms with Gasteiger partial charge in [-0.15, -0.1) is 6.58 Å². The molecule has 0 aromatic carbocycles. The van der Waals surface area contributed by atoms with E-state index in [2.05, 4.69) is 17.6 Å². The standard InChI is InChI=1S/C13H20N2/c1-2-3-4-5-6-7-9-12-10-8-11-15-13(12)14/h2,8,10-11H,1,3-7,9H2,(H2,14,15). The summed E-state index contributed by atoms with van der Waals surface area (Å²) in [6.45, 7) is 3.71. The van der Waals surface area contributed by atoms with Crippen LogP contribution in [-0.2, 0) is 6.42 Å². The predicted octanol–water partition coefficient (Wildman–Crippen LogP) is 3.34. The van der Waals surface area contributed by atoms with Crippen molar-refractivity contribution in [2.45, 2.75) is 38.5 Å². The minimum atomic E-state index is 0.684. The van der Waals surface area contributed by atoms with Crippen LogP contribution in [0.3, 0.4) is 0 Å². The number of hydrogen-bond acceptors (Lipinski definition) is 2. The van der Waals surface area contributed by atoms with Gasteiger partial charge in [-0.3, -0.25) is 0 Å². The largest absolute Gasteiger partial charge is 0.383 e. The Labute approximate surface area is 92.2 Å². The van der Waals surface area contributed by atoms with Crippen LogP contribution in [0.2, 0.25) is 0 Å². The number of aromatic nitrogens is 1. The fraction of sp³-hybridized carbons (Fsp3) is 0.462. The predicted molar refractivity (Wildman–Crippen MR) is 65.6 cm³/mol. The molecule has 0 fully saturated rings. The smallest absolute Gasteiger partial charge is 0.126 e. The first kappa shape index (κ1) is 11.8. The number of nitrogens with two attached hydrogens (primary N) is 1. The van der Waals surface area contributed by atoms with E-state index in [-0.39, 0.29) is 0 Å². The van der Waals surface area contributed by atoms with Gasteiger partial charge in [0.1, 0.15) is 5.82 Å². The van der Waals surface area contributed by atoms with Crippen LogP contribution in [0.5, 0.6) is 0 Å². The lowest BCUT2D eigenvalue weighted by Crippen LogP contribution is -1.96. The zero-order valence-electron chi connectivity index (χ0n) is 9.28. The van der Waals surface area contributed by atoms with Gasteiger partial charge in [0.05, 0.1) is 0 Å². The van der Waals surface area contributed by atoms with Crippen LogP contribution < -0.4 is 5.73 Å². The molecule has 0 amide bonds. The third-order valence-corrected chi connectivity index (χ3v) is 2.53. The third-order valence-electron chi connectivity index (χ3n) is 2.53. The van der Waals surface area contributed by atoms with E-state index in [4.69, 9.17) is 5.73 Å². The number of aryl methyl sites for hydroxylation is 1. The van der Waals surface area contributed by atoms with Crippen molar-refractivity contribution >= 4 is 5.82 Å². The molecule has 0 aliphatic heterocycles. The number of nitrogens with zero attached hydrogens (tertiary/aromatic N) is 1. The molecule has 0 saturated carbocycles. The zero-order chi connectivity index (χ0) is 10.9. The van der Waals surface area contributed by atoms with Crippen molar-refractivity contribution in [2.75, 3.05) is 5.73 Å². The molecule has 0 aliphatic rings. The average Bonchev–Trinajstić information content (AvgIpc) is 2.25. The Morgan fingerprint density at radius 3 is 2.80 bits per heavy atom. The van der Waals surface area contributed by atoms with Crippen LogP contribution in [0.4, 0.5) is 5.82 Å². The maximum absolute atomic E-state index is 5.76. The third kappa shape index (κ3) is 4.63. The monoisotopic (exact) mass is 204 g/mol. The fourth-order valence-corrected chi connectivity index (χ4v) is 1.62. The number of allylic oxidation sites excluding steroid dienone is 1. The minimum Gasteiger partial charge on any atom is -0.383 e. The maximum Gasteiger partial charge on any atom is 0.126 e. The Bertz CT molecular complexity index is 294. The molecule has 0 spiro atoms. The lowest BCUT2D eigenvalue weighted by molar-refractivity contribution is 0.646. The first-order valence-electron chi connectivity index (χ1n) is 5.65. The van der Waals surface area contributed by atoms with Crippen molar-refractivity contribution in [1.29, 1.82) is 0 Å². The van der Waals surface area contributed by atoms with Crippen molar-refractivity contribution in [1.82, 2.24) is 4.98 Å². The Morgan fingerprint density at radius 2 is 2.07 bits per heavy atom. The molecule has 15 heavy (non-hydrogen) atoms. The summed E-state index contributed by atoms with van der Waals surface area (Å²) in [4.78, 5) is 4.07. The number of anilines is 1. The Morgan fingerprint density at radius 1 is 1.27 bits per heavy atom. The van der Waals surface area contributed by atoms with Crippen LogP contribution in [0, 0.1) is 0 Å². The Hall–Kier alpha value is -1.31. The number of hydrogen-bond donors (Lipinski definition) is 1. The Kier molecular flexibility index (Phi) is 5.52. The van der Waals surface area contributed by atoms with Gasteiger partial charge in [0, 0.05) is 6.20 Å². The topological polar surface area (TPSA) is 38.9 Å². The van der Waals surface area contributed by atoms with E-state index in [1.807, 2.05) is 12.1 Å². The second kappa shape index (κ2) is 7.04. The highest BCUT2D eigenvalue weighted by atomic mass is 14.8. The van der Waals surface area contributed by atoms with Crippen molar-refractivity contribution in [3.05, 3.63) is 36.5 Å². The van der Waals surface area contributed by atoms with E-state index in [0.29, 0.717) is 5.82 Å². The number of nitrogen functional groups attached to an aromatic ring is 1. The van der Waals surface area contributed by atoms with Gasteiger partial charge in [-0.2, -0.15) is 0 Å².